The molecule has 0 unspecified atom stereocenters. The minimum Gasteiger partial charge on any atom is -0.485 e. The van der Waals surface area contributed by atoms with Crippen LogP contribution in [0.3, 0.4) is 0 Å². The maximum absolute atomic E-state index is 12.1. The maximum Gasteiger partial charge on any atom is 0.264 e. The molecule has 2 N–H and O–H groups in total. The summed E-state index contributed by atoms with van der Waals surface area (Å²) in [5.74, 6) is 1.42. The van der Waals surface area contributed by atoms with Gasteiger partial charge in [0.15, 0.2) is 11.5 Å². The van der Waals surface area contributed by atoms with Crippen LogP contribution in [0.25, 0.3) is 0 Å². The predicted octanol–water partition coefficient (Wildman–Crippen LogP) is 1.66. The van der Waals surface area contributed by atoms with Gasteiger partial charge in [0, 0.05) is 6.54 Å². The fraction of sp³-hybridized carbons (Fsp3) is 0.312. The van der Waals surface area contributed by atoms with Crippen LogP contribution in [0, 0.1) is 0 Å². The molecule has 0 spiro atoms. The van der Waals surface area contributed by atoms with E-state index in [0.717, 1.165) is 0 Å². The normalized spacial score (nSPS) is 17.8. The summed E-state index contributed by atoms with van der Waals surface area (Å²) in [6.07, 6.45) is 0.445. The zero-order chi connectivity index (χ0) is 15.4. The van der Waals surface area contributed by atoms with Gasteiger partial charge in [0.05, 0.1) is 6.26 Å². The number of aliphatic hydroxyl groups is 1. The largest absolute Gasteiger partial charge is 0.485 e. The van der Waals surface area contributed by atoms with Gasteiger partial charge in [-0.3, -0.25) is 4.79 Å². The molecule has 1 aromatic carbocycles. The van der Waals surface area contributed by atoms with Gasteiger partial charge in [-0.25, -0.2) is 0 Å². The molecule has 0 bridgehead atoms. The van der Waals surface area contributed by atoms with E-state index in [1.165, 1.54) is 6.26 Å². The third kappa shape index (κ3) is 3.23. The van der Waals surface area contributed by atoms with Crippen LogP contribution in [0.15, 0.2) is 47.1 Å². The van der Waals surface area contributed by atoms with Crippen molar-refractivity contribution in [3.63, 3.8) is 0 Å². The summed E-state index contributed by atoms with van der Waals surface area (Å²) in [4.78, 5) is 12.1. The Bertz CT molecular complexity index is 625. The fourth-order valence-electron chi connectivity index (χ4n) is 2.22. The molecule has 1 aliphatic rings. The van der Waals surface area contributed by atoms with E-state index < -0.39 is 12.2 Å². The van der Waals surface area contributed by atoms with Crippen LogP contribution in [0.1, 0.15) is 18.3 Å². The van der Waals surface area contributed by atoms with Gasteiger partial charge in [-0.15, -0.1) is 0 Å². The van der Waals surface area contributed by atoms with Gasteiger partial charge in [-0.2, -0.15) is 0 Å². The van der Waals surface area contributed by atoms with E-state index in [9.17, 15) is 9.90 Å². The molecule has 1 aliphatic heterocycles. The molecule has 0 aliphatic carbocycles. The summed E-state index contributed by atoms with van der Waals surface area (Å²) in [5.41, 5.74) is 0. The molecule has 3 rings (SSSR count). The highest BCUT2D eigenvalue weighted by Gasteiger charge is 2.27. The van der Waals surface area contributed by atoms with E-state index in [1.54, 1.807) is 24.3 Å². The van der Waals surface area contributed by atoms with Gasteiger partial charge in [-0.05, 0) is 30.7 Å². The zero-order valence-corrected chi connectivity index (χ0v) is 11.9. The van der Waals surface area contributed by atoms with Gasteiger partial charge >= 0.3 is 0 Å². The van der Waals surface area contributed by atoms with Crippen LogP contribution < -0.4 is 14.8 Å². The van der Waals surface area contributed by atoms with E-state index in [1.807, 2.05) is 12.1 Å². The van der Waals surface area contributed by atoms with Crippen molar-refractivity contribution in [2.24, 2.45) is 0 Å². The number of fused-ring (bicyclic) bond motifs is 1. The van der Waals surface area contributed by atoms with Gasteiger partial charge < -0.3 is 24.3 Å². The zero-order valence-electron chi connectivity index (χ0n) is 11.9. The smallest absolute Gasteiger partial charge is 0.264 e. The number of carbonyl (C=O) groups excluding carboxylic acids is 1. The number of para-hydroxylation sites is 2. The van der Waals surface area contributed by atoms with Crippen molar-refractivity contribution in [1.29, 1.82) is 0 Å². The highest BCUT2D eigenvalue weighted by atomic mass is 16.6. The summed E-state index contributed by atoms with van der Waals surface area (Å²) in [6.45, 7) is 0.492. The van der Waals surface area contributed by atoms with E-state index in [0.29, 0.717) is 30.2 Å². The summed E-state index contributed by atoms with van der Waals surface area (Å²) in [6, 6.07) is 10.6. The lowest BCUT2D eigenvalue weighted by Crippen LogP contribution is -2.44. The summed E-state index contributed by atoms with van der Waals surface area (Å²) in [7, 11) is 0. The molecule has 0 radical (unpaired) electrons. The van der Waals surface area contributed by atoms with Gasteiger partial charge in [0.25, 0.3) is 5.91 Å². The monoisotopic (exact) mass is 303 g/mol. The highest BCUT2D eigenvalue weighted by molar-refractivity contribution is 5.81. The van der Waals surface area contributed by atoms with E-state index >= 15 is 0 Å². The quantitative estimate of drug-likeness (QED) is 0.878. The van der Waals surface area contributed by atoms with Crippen LogP contribution >= 0.6 is 0 Å². The number of carbonyl (C=O) groups is 1. The predicted molar refractivity (Wildman–Crippen MR) is 77.6 cm³/mol. The first-order valence-corrected chi connectivity index (χ1v) is 7.11. The molecule has 0 saturated carbocycles. The average Bonchev–Trinajstić information content (AvgIpc) is 3.08. The molecule has 0 saturated heterocycles. The lowest BCUT2D eigenvalue weighted by Gasteiger charge is -2.25. The average molecular weight is 303 g/mol. The topological polar surface area (TPSA) is 80.9 Å². The molecule has 2 heterocycles. The number of hydrogen-bond acceptors (Lipinski definition) is 5. The van der Waals surface area contributed by atoms with Crippen molar-refractivity contribution in [1.82, 2.24) is 5.32 Å². The summed E-state index contributed by atoms with van der Waals surface area (Å²) in [5, 5.41) is 12.6. The van der Waals surface area contributed by atoms with E-state index in [2.05, 4.69) is 5.32 Å². The number of furan rings is 1. The second-order valence-electron chi connectivity index (χ2n) is 4.98. The van der Waals surface area contributed by atoms with Crippen LogP contribution in [0.2, 0.25) is 0 Å². The third-order valence-electron chi connectivity index (χ3n) is 3.39. The Balaban J connectivity index is 1.47. The molecule has 2 atom stereocenters. The first-order chi connectivity index (χ1) is 10.7. The maximum atomic E-state index is 12.1. The molecular weight excluding hydrogens is 286 g/mol. The van der Waals surface area contributed by atoms with Gasteiger partial charge in [0.1, 0.15) is 18.5 Å². The Morgan fingerprint density at radius 1 is 1.27 bits per heavy atom. The number of rotatable bonds is 5. The Kier molecular flexibility index (Phi) is 4.29. The SMILES string of the molecule is O=C(NCC[C@H](O)c1ccco1)[C@H]1COc2ccccc2O1. The Morgan fingerprint density at radius 2 is 2.09 bits per heavy atom. The van der Waals surface area contributed by atoms with E-state index in [-0.39, 0.29) is 12.5 Å². The van der Waals surface area contributed by atoms with Crippen molar-refractivity contribution in [3.05, 3.63) is 48.4 Å². The minimum absolute atomic E-state index is 0.170. The highest BCUT2D eigenvalue weighted by Crippen LogP contribution is 2.30. The van der Waals surface area contributed by atoms with Gasteiger partial charge in [0.2, 0.25) is 6.10 Å². The van der Waals surface area contributed by atoms with Crippen molar-refractivity contribution in [3.8, 4) is 11.5 Å². The van der Waals surface area contributed by atoms with Crippen molar-refractivity contribution >= 4 is 5.91 Å². The standard InChI is InChI=1S/C16H17NO5/c18-11(12-6-3-9-20-12)7-8-17-16(19)15-10-21-13-4-1-2-5-14(13)22-15/h1-6,9,11,15,18H,7-8,10H2,(H,17,19)/t11-,15+/m0/s1. The lowest BCUT2D eigenvalue weighted by molar-refractivity contribution is -0.130. The van der Waals surface area contributed by atoms with Crippen LogP contribution in [-0.4, -0.2) is 30.3 Å². The summed E-state index contributed by atoms with van der Waals surface area (Å²) >= 11 is 0. The molecule has 0 fully saturated rings. The van der Waals surface area contributed by atoms with E-state index in [4.69, 9.17) is 13.9 Å². The van der Waals surface area contributed by atoms with Crippen LogP contribution in [-0.2, 0) is 4.79 Å². The third-order valence-corrected chi connectivity index (χ3v) is 3.39. The molecule has 6 nitrogen and oxygen atoms in total. The fourth-order valence-corrected chi connectivity index (χ4v) is 2.22. The second-order valence-corrected chi connectivity index (χ2v) is 4.98. The molecule has 22 heavy (non-hydrogen) atoms. The molecular formula is C16H17NO5. The Morgan fingerprint density at radius 3 is 2.86 bits per heavy atom. The number of amides is 1. The molecule has 1 amide bonds. The second kappa shape index (κ2) is 6.53. The molecule has 2 aromatic rings. The van der Waals surface area contributed by atoms with Gasteiger partial charge in [-0.1, -0.05) is 12.1 Å². The number of ether oxygens (including phenoxy) is 2. The first-order valence-electron chi connectivity index (χ1n) is 7.11. The number of aliphatic hydroxyl groups excluding tert-OH is 1. The number of hydrogen-bond donors (Lipinski definition) is 2. The van der Waals surface area contributed by atoms with Crippen molar-refractivity contribution < 1.29 is 23.8 Å². The van der Waals surface area contributed by atoms with Crippen LogP contribution in [0.5, 0.6) is 11.5 Å². The lowest BCUT2D eigenvalue weighted by atomic mass is 10.2. The minimum atomic E-state index is -0.737. The molecule has 6 heteroatoms. The summed E-state index contributed by atoms with van der Waals surface area (Å²) < 4.78 is 16.2. The Labute approximate surface area is 127 Å². The van der Waals surface area contributed by atoms with Crippen molar-refractivity contribution in [2.45, 2.75) is 18.6 Å². The number of nitrogens with one attached hydrogen (secondary N) is 1. The van der Waals surface area contributed by atoms with Crippen LogP contribution in [0.4, 0.5) is 0 Å². The number of benzene rings is 1. The van der Waals surface area contributed by atoms with Crippen molar-refractivity contribution in [2.75, 3.05) is 13.2 Å². The Hall–Kier alpha value is -2.47. The molecule has 1 aromatic heterocycles. The molecule has 116 valence electrons. The first kappa shape index (κ1) is 14.5.